The Balaban J connectivity index is 1.95. The van der Waals surface area contributed by atoms with E-state index in [0.29, 0.717) is 0 Å². The predicted molar refractivity (Wildman–Crippen MR) is 87.2 cm³/mol. The molecule has 0 atom stereocenters. The van der Waals surface area contributed by atoms with Crippen LogP contribution in [-0.4, -0.2) is 55.2 Å². The Morgan fingerprint density at radius 3 is 2.55 bits per heavy atom. The van der Waals surface area contributed by atoms with Crippen LogP contribution in [0.5, 0.6) is 0 Å². The van der Waals surface area contributed by atoms with Crippen molar-refractivity contribution in [2.45, 2.75) is 13.0 Å². The van der Waals surface area contributed by atoms with Gasteiger partial charge in [0.15, 0.2) is 0 Å². The number of aromatic nitrogens is 2. The van der Waals surface area contributed by atoms with E-state index >= 15 is 0 Å². The van der Waals surface area contributed by atoms with E-state index in [1.165, 1.54) is 5.56 Å². The van der Waals surface area contributed by atoms with E-state index in [1.807, 2.05) is 29.1 Å². The zero-order valence-electron chi connectivity index (χ0n) is 13.4. The molecule has 1 heterocycles. The Morgan fingerprint density at radius 2 is 1.82 bits per heavy atom. The molecule has 0 N–H and O–H groups in total. The molecular weight excluding hydrogens is 278 g/mol. The molecule has 0 saturated carbocycles. The lowest BCUT2D eigenvalue weighted by Crippen LogP contribution is -2.28. The van der Waals surface area contributed by atoms with E-state index in [-0.39, 0.29) is 0 Å². The van der Waals surface area contributed by atoms with Crippen molar-refractivity contribution in [1.29, 1.82) is 0 Å². The van der Waals surface area contributed by atoms with Gasteiger partial charge in [-0.05, 0) is 18.6 Å². The molecule has 0 amide bonds. The van der Waals surface area contributed by atoms with Crippen LogP contribution < -0.4 is 0 Å². The van der Waals surface area contributed by atoms with Crippen molar-refractivity contribution in [3.8, 4) is 5.69 Å². The zero-order valence-corrected chi connectivity index (χ0v) is 13.4. The van der Waals surface area contributed by atoms with Gasteiger partial charge in [0.25, 0.3) is 0 Å². The summed E-state index contributed by atoms with van der Waals surface area (Å²) in [7, 11) is 3.48. The van der Waals surface area contributed by atoms with Crippen LogP contribution in [0.15, 0.2) is 42.7 Å². The summed E-state index contributed by atoms with van der Waals surface area (Å²) >= 11 is 0. The van der Waals surface area contributed by atoms with Crippen LogP contribution in [0.4, 0.5) is 0 Å². The Labute approximate surface area is 132 Å². The Bertz CT molecular complexity index is 528. The molecule has 0 aliphatic carbocycles. The summed E-state index contributed by atoms with van der Waals surface area (Å²) in [5, 5.41) is 4.45. The van der Waals surface area contributed by atoms with Crippen LogP contribution in [0.3, 0.4) is 0 Å². The summed E-state index contributed by atoms with van der Waals surface area (Å²) in [4.78, 5) is 2.37. The number of hydrogen-bond acceptors (Lipinski definition) is 4. The maximum atomic E-state index is 5.20. The first-order chi connectivity index (χ1) is 10.8. The van der Waals surface area contributed by atoms with Gasteiger partial charge in [0.05, 0.1) is 18.5 Å². The molecule has 22 heavy (non-hydrogen) atoms. The molecule has 1 aromatic heterocycles. The number of nitrogens with zero attached hydrogens (tertiary/aromatic N) is 3. The summed E-state index contributed by atoms with van der Waals surface area (Å²) in [6.07, 6.45) is 5.04. The summed E-state index contributed by atoms with van der Waals surface area (Å²) < 4.78 is 12.2. The molecule has 0 fully saturated rings. The number of methoxy groups -OCH3 is 2. The zero-order chi connectivity index (χ0) is 15.6. The van der Waals surface area contributed by atoms with Crippen molar-refractivity contribution >= 4 is 0 Å². The minimum absolute atomic E-state index is 0.736. The highest BCUT2D eigenvalue weighted by Gasteiger charge is 2.08. The first-order valence-electron chi connectivity index (χ1n) is 7.62. The smallest absolute Gasteiger partial charge is 0.0645 e. The Hall–Kier alpha value is -1.69. The molecule has 0 spiro atoms. The Kier molecular flexibility index (Phi) is 7.09. The quantitative estimate of drug-likeness (QED) is 0.632. The van der Waals surface area contributed by atoms with Crippen LogP contribution in [0.25, 0.3) is 5.69 Å². The van der Waals surface area contributed by atoms with E-state index in [0.717, 1.165) is 45.0 Å². The topological polar surface area (TPSA) is 39.5 Å². The second-order valence-corrected chi connectivity index (χ2v) is 5.24. The van der Waals surface area contributed by atoms with Crippen molar-refractivity contribution in [3.63, 3.8) is 0 Å². The first-order valence-corrected chi connectivity index (χ1v) is 7.62. The molecule has 5 heteroatoms. The van der Waals surface area contributed by atoms with E-state index in [2.05, 4.69) is 28.3 Å². The Morgan fingerprint density at radius 1 is 1.05 bits per heavy atom. The van der Waals surface area contributed by atoms with Crippen LogP contribution in [0.1, 0.15) is 12.0 Å². The van der Waals surface area contributed by atoms with Gasteiger partial charge < -0.3 is 9.47 Å². The highest BCUT2D eigenvalue weighted by Crippen LogP contribution is 2.10. The normalized spacial score (nSPS) is 11.2. The van der Waals surface area contributed by atoms with Crippen molar-refractivity contribution in [2.75, 3.05) is 40.5 Å². The maximum Gasteiger partial charge on any atom is 0.0645 e. The molecule has 0 aliphatic heterocycles. The minimum atomic E-state index is 0.736. The summed E-state index contributed by atoms with van der Waals surface area (Å²) in [6.45, 7) is 4.30. The fourth-order valence-corrected chi connectivity index (χ4v) is 2.34. The van der Waals surface area contributed by atoms with Crippen LogP contribution >= 0.6 is 0 Å². The average molecular weight is 303 g/mol. The highest BCUT2D eigenvalue weighted by molar-refractivity contribution is 5.30. The monoisotopic (exact) mass is 303 g/mol. The van der Waals surface area contributed by atoms with Crippen LogP contribution in [0.2, 0.25) is 0 Å². The largest absolute Gasteiger partial charge is 0.385 e. The van der Waals surface area contributed by atoms with Crippen molar-refractivity contribution in [3.05, 3.63) is 48.3 Å². The first kappa shape index (κ1) is 16.7. The van der Waals surface area contributed by atoms with Gasteiger partial charge in [-0.25, -0.2) is 4.68 Å². The molecule has 0 radical (unpaired) electrons. The average Bonchev–Trinajstić information content (AvgIpc) is 3.02. The summed E-state index contributed by atoms with van der Waals surface area (Å²) in [6, 6.07) is 10.2. The predicted octanol–water partition coefficient (Wildman–Crippen LogP) is 2.36. The van der Waals surface area contributed by atoms with Crippen LogP contribution in [0, 0.1) is 0 Å². The third-order valence-electron chi connectivity index (χ3n) is 3.50. The summed E-state index contributed by atoms with van der Waals surface area (Å²) in [5.74, 6) is 0. The van der Waals surface area contributed by atoms with Gasteiger partial charge in [0.1, 0.15) is 0 Å². The highest BCUT2D eigenvalue weighted by atomic mass is 16.5. The van der Waals surface area contributed by atoms with Crippen molar-refractivity contribution in [2.24, 2.45) is 0 Å². The molecule has 0 saturated heterocycles. The SMILES string of the molecule is COCCCN(CCOC)Cc1cnn(-c2ccccc2)c1. The van der Waals surface area contributed by atoms with E-state index in [4.69, 9.17) is 9.47 Å². The van der Waals surface area contributed by atoms with Gasteiger partial charge in [0.2, 0.25) is 0 Å². The molecule has 5 nitrogen and oxygen atoms in total. The number of para-hydroxylation sites is 1. The van der Waals surface area contributed by atoms with Crippen molar-refractivity contribution in [1.82, 2.24) is 14.7 Å². The molecule has 1 aromatic carbocycles. The third-order valence-corrected chi connectivity index (χ3v) is 3.50. The van der Waals surface area contributed by atoms with Crippen LogP contribution in [-0.2, 0) is 16.0 Å². The fraction of sp³-hybridized carbons (Fsp3) is 0.471. The number of hydrogen-bond donors (Lipinski definition) is 0. The van der Waals surface area contributed by atoms with Gasteiger partial charge >= 0.3 is 0 Å². The van der Waals surface area contributed by atoms with Gasteiger partial charge in [-0.3, -0.25) is 4.90 Å². The molecule has 120 valence electrons. The lowest BCUT2D eigenvalue weighted by molar-refractivity contribution is 0.129. The molecule has 0 unspecified atom stereocenters. The maximum absolute atomic E-state index is 5.20. The molecule has 2 rings (SSSR count). The number of rotatable bonds is 10. The second-order valence-electron chi connectivity index (χ2n) is 5.24. The van der Waals surface area contributed by atoms with E-state index in [1.54, 1.807) is 14.2 Å². The molecule has 0 aliphatic rings. The van der Waals surface area contributed by atoms with Gasteiger partial charge in [-0.2, -0.15) is 5.10 Å². The molecule has 2 aromatic rings. The number of benzene rings is 1. The van der Waals surface area contributed by atoms with Gasteiger partial charge in [-0.15, -0.1) is 0 Å². The summed E-state index contributed by atoms with van der Waals surface area (Å²) in [5.41, 5.74) is 2.29. The molecular formula is C17H25N3O2. The number of ether oxygens (including phenoxy) is 2. The lowest BCUT2D eigenvalue weighted by Gasteiger charge is -2.21. The van der Waals surface area contributed by atoms with E-state index < -0.39 is 0 Å². The minimum Gasteiger partial charge on any atom is -0.385 e. The van der Waals surface area contributed by atoms with Gasteiger partial charge in [-0.1, -0.05) is 18.2 Å². The fourth-order valence-electron chi connectivity index (χ4n) is 2.34. The second kappa shape index (κ2) is 9.35. The lowest BCUT2D eigenvalue weighted by atomic mass is 10.3. The molecule has 0 bridgehead atoms. The third kappa shape index (κ3) is 5.26. The van der Waals surface area contributed by atoms with Gasteiger partial charge in [0, 0.05) is 52.2 Å². The van der Waals surface area contributed by atoms with E-state index in [9.17, 15) is 0 Å². The van der Waals surface area contributed by atoms with Crippen molar-refractivity contribution < 1.29 is 9.47 Å². The standard InChI is InChI=1S/C17H25N3O2/c1-21-11-6-9-19(10-12-22-2)14-16-13-18-20(15-16)17-7-4-3-5-8-17/h3-5,7-8,13,15H,6,9-12,14H2,1-2H3.